The molecule has 32 heavy (non-hydrogen) atoms. The summed E-state index contributed by atoms with van der Waals surface area (Å²) < 4.78 is 1.83. The first kappa shape index (κ1) is 19.7. The van der Waals surface area contributed by atoms with Crippen LogP contribution in [0.25, 0.3) is 33.1 Å². The molecule has 5 rings (SSSR count). The van der Waals surface area contributed by atoms with Gasteiger partial charge in [0.15, 0.2) is 10.6 Å². The Hall–Kier alpha value is -4.24. The zero-order chi connectivity index (χ0) is 22.2. The third-order valence-electron chi connectivity index (χ3n) is 5.18. The normalized spacial score (nSPS) is 11.1. The van der Waals surface area contributed by atoms with Crippen LogP contribution in [-0.4, -0.2) is 26.3 Å². The number of anilines is 1. The average Bonchev–Trinajstić information content (AvgIpc) is 3.46. The van der Waals surface area contributed by atoms with Crippen LogP contribution in [0.5, 0.6) is 0 Å². The summed E-state index contributed by atoms with van der Waals surface area (Å²) in [4.78, 5) is 44.2. The predicted molar refractivity (Wildman–Crippen MR) is 125 cm³/mol. The van der Waals surface area contributed by atoms with E-state index in [1.807, 2.05) is 41.0 Å². The molecule has 0 radical (unpaired) electrons. The lowest BCUT2D eigenvalue weighted by molar-refractivity contribution is -0.116. The molecule has 0 aliphatic carbocycles. The Morgan fingerprint density at radius 1 is 1.06 bits per heavy atom. The van der Waals surface area contributed by atoms with E-state index in [1.165, 1.54) is 11.3 Å². The highest BCUT2D eigenvalue weighted by Crippen LogP contribution is 2.26. The SMILES string of the molecule is NC(=O)c1cc(-c2csc(NC(=O)Cn3c4ccccc4c(=O)c4ccccc43)n2)c[nH]1. The maximum Gasteiger partial charge on any atom is 0.265 e. The van der Waals surface area contributed by atoms with E-state index in [2.05, 4.69) is 15.3 Å². The number of fused-ring (bicyclic) bond motifs is 2. The first-order chi connectivity index (χ1) is 15.5. The molecule has 9 heteroatoms. The number of carbonyl (C=O) groups excluding carboxylic acids is 2. The molecule has 0 bridgehead atoms. The van der Waals surface area contributed by atoms with Crippen LogP contribution in [0.1, 0.15) is 10.5 Å². The Bertz CT molecular complexity index is 1500. The number of pyridine rings is 1. The number of H-pyrrole nitrogens is 1. The zero-order valence-electron chi connectivity index (χ0n) is 16.7. The molecule has 0 fully saturated rings. The van der Waals surface area contributed by atoms with E-state index in [1.54, 1.807) is 29.8 Å². The van der Waals surface area contributed by atoms with Crippen molar-refractivity contribution in [2.45, 2.75) is 6.54 Å². The van der Waals surface area contributed by atoms with Crippen LogP contribution >= 0.6 is 11.3 Å². The van der Waals surface area contributed by atoms with Gasteiger partial charge in [-0.15, -0.1) is 11.3 Å². The largest absolute Gasteiger partial charge is 0.364 e. The van der Waals surface area contributed by atoms with E-state index in [4.69, 9.17) is 5.73 Å². The summed E-state index contributed by atoms with van der Waals surface area (Å²) in [7, 11) is 0. The van der Waals surface area contributed by atoms with Gasteiger partial charge in [-0.3, -0.25) is 14.4 Å². The van der Waals surface area contributed by atoms with E-state index in [-0.39, 0.29) is 23.6 Å². The van der Waals surface area contributed by atoms with Crippen molar-refractivity contribution in [3.05, 3.63) is 82.1 Å². The van der Waals surface area contributed by atoms with Crippen LogP contribution < -0.4 is 16.5 Å². The number of rotatable bonds is 5. The Morgan fingerprint density at radius 3 is 2.34 bits per heavy atom. The van der Waals surface area contributed by atoms with Gasteiger partial charge in [-0.2, -0.15) is 0 Å². The fourth-order valence-corrected chi connectivity index (χ4v) is 4.43. The van der Waals surface area contributed by atoms with Gasteiger partial charge in [0.05, 0.1) is 16.7 Å². The molecule has 4 N–H and O–H groups in total. The molecule has 8 nitrogen and oxygen atoms in total. The van der Waals surface area contributed by atoms with E-state index < -0.39 is 5.91 Å². The molecule has 2 aromatic carbocycles. The molecule has 0 aliphatic rings. The molecule has 3 heterocycles. The monoisotopic (exact) mass is 443 g/mol. The van der Waals surface area contributed by atoms with Gasteiger partial charge in [0.25, 0.3) is 5.91 Å². The number of hydrogen-bond donors (Lipinski definition) is 3. The van der Waals surface area contributed by atoms with Gasteiger partial charge in [-0.1, -0.05) is 24.3 Å². The smallest absolute Gasteiger partial charge is 0.265 e. The third-order valence-corrected chi connectivity index (χ3v) is 5.93. The van der Waals surface area contributed by atoms with Gasteiger partial charge in [0.2, 0.25) is 5.91 Å². The quantitative estimate of drug-likeness (QED) is 0.361. The molecule has 5 aromatic rings. The summed E-state index contributed by atoms with van der Waals surface area (Å²) in [5.74, 6) is -0.822. The molecule has 0 aliphatic heterocycles. The van der Waals surface area contributed by atoms with Crippen LogP contribution in [0.3, 0.4) is 0 Å². The van der Waals surface area contributed by atoms with Crippen LogP contribution in [0.2, 0.25) is 0 Å². The van der Waals surface area contributed by atoms with Gasteiger partial charge < -0.3 is 20.6 Å². The summed E-state index contributed by atoms with van der Waals surface area (Å²) in [5.41, 5.74) is 8.21. The van der Waals surface area contributed by atoms with Crippen LogP contribution in [0.15, 0.2) is 71.0 Å². The Morgan fingerprint density at radius 2 is 1.72 bits per heavy atom. The van der Waals surface area contributed by atoms with E-state index in [9.17, 15) is 14.4 Å². The summed E-state index contributed by atoms with van der Waals surface area (Å²) >= 11 is 1.28. The van der Waals surface area contributed by atoms with Crippen molar-refractivity contribution in [2.75, 3.05) is 5.32 Å². The summed E-state index contributed by atoms with van der Waals surface area (Å²) in [6.07, 6.45) is 1.64. The Balaban J connectivity index is 1.45. The number of nitrogens with one attached hydrogen (secondary N) is 2. The van der Waals surface area contributed by atoms with Crippen molar-refractivity contribution in [1.82, 2.24) is 14.5 Å². The number of nitrogens with two attached hydrogens (primary N) is 1. The number of aromatic amines is 1. The Kier molecular flexibility index (Phi) is 4.79. The maximum atomic E-state index is 12.9. The van der Waals surface area contributed by atoms with Gasteiger partial charge in [-0.05, 0) is 30.3 Å². The number of amides is 2. The van der Waals surface area contributed by atoms with Crippen molar-refractivity contribution in [3.63, 3.8) is 0 Å². The van der Waals surface area contributed by atoms with Gasteiger partial charge in [0, 0.05) is 27.9 Å². The third kappa shape index (κ3) is 3.44. The number of hydrogen-bond acceptors (Lipinski definition) is 5. The second-order valence-corrected chi connectivity index (χ2v) is 8.06. The first-order valence-electron chi connectivity index (χ1n) is 9.75. The molecular formula is C23H17N5O3S. The van der Waals surface area contributed by atoms with E-state index >= 15 is 0 Å². The number of carbonyl (C=O) groups is 2. The topological polar surface area (TPSA) is 123 Å². The van der Waals surface area contributed by atoms with E-state index in [0.717, 1.165) is 0 Å². The lowest BCUT2D eigenvalue weighted by Gasteiger charge is -2.14. The number of nitrogens with zero attached hydrogens (tertiary/aromatic N) is 2. The van der Waals surface area contributed by atoms with Crippen molar-refractivity contribution in [1.29, 1.82) is 0 Å². The minimum atomic E-state index is -0.555. The minimum Gasteiger partial charge on any atom is -0.364 e. The highest BCUT2D eigenvalue weighted by molar-refractivity contribution is 7.14. The number of aromatic nitrogens is 3. The average molecular weight is 443 g/mol. The van der Waals surface area contributed by atoms with Crippen molar-refractivity contribution < 1.29 is 9.59 Å². The molecular weight excluding hydrogens is 426 g/mol. The number of benzene rings is 2. The van der Waals surface area contributed by atoms with Crippen molar-refractivity contribution >= 4 is 50.1 Å². The molecule has 0 spiro atoms. The second kappa shape index (κ2) is 7.78. The molecule has 0 unspecified atom stereocenters. The fraction of sp³-hybridized carbons (Fsp3) is 0.0435. The highest BCUT2D eigenvalue weighted by atomic mass is 32.1. The molecule has 0 atom stereocenters. The predicted octanol–water partition coefficient (Wildman–Crippen LogP) is 3.34. The highest BCUT2D eigenvalue weighted by Gasteiger charge is 2.15. The second-order valence-electron chi connectivity index (χ2n) is 7.20. The minimum absolute atomic E-state index is 0.0200. The molecule has 0 saturated heterocycles. The van der Waals surface area contributed by atoms with Crippen LogP contribution in [-0.2, 0) is 11.3 Å². The van der Waals surface area contributed by atoms with Crippen molar-refractivity contribution in [3.8, 4) is 11.3 Å². The lowest BCUT2D eigenvalue weighted by Crippen LogP contribution is -2.21. The number of thiazole rings is 1. The van der Waals surface area contributed by atoms with E-state index in [0.29, 0.717) is 38.2 Å². The van der Waals surface area contributed by atoms with Crippen molar-refractivity contribution in [2.24, 2.45) is 5.73 Å². The lowest BCUT2D eigenvalue weighted by atomic mass is 10.1. The standard InChI is InChI=1S/C23H17N5O3S/c24-22(31)16-9-13(10-25-16)17-12-32-23(26-17)27-20(29)11-28-18-7-3-1-5-14(18)21(30)15-6-2-4-8-19(15)28/h1-10,12,25H,11H2,(H2,24,31)(H,26,27,29). The molecule has 158 valence electrons. The molecule has 0 saturated carbocycles. The first-order valence-corrected chi connectivity index (χ1v) is 10.6. The summed E-state index contributed by atoms with van der Waals surface area (Å²) in [6.45, 7) is 0.0200. The number of primary amides is 1. The maximum absolute atomic E-state index is 12.9. The molecule has 2 amide bonds. The van der Waals surface area contributed by atoms with Crippen LogP contribution in [0.4, 0.5) is 5.13 Å². The molecule has 3 aromatic heterocycles. The van der Waals surface area contributed by atoms with Gasteiger partial charge in [0.1, 0.15) is 12.2 Å². The fourth-order valence-electron chi connectivity index (χ4n) is 3.70. The Labute approximate surface area is 185 Å². The number of para-hydroxylation sites is 2. The van der Waals surface area contributed by atoms with Gasteiger partial charge in [-0.25, -0.2) is 4.98 Å². The summed E-state index contributed by atoms with van der Waals surface area (Å²) in [6, 6.07) is 16.1. The van der Waals surface area contributed by atoms with Crippen LogP contribution in [0, 0.1) is 0 Å². The van der Waals surface area contributed by atoms with Gasteiger partial charge >= 0.3 is 0 Å². The summed E-state index contributed by atoms with van der Waals surface area (Å²) in [5, 5.41) is 6.17. The zero-order valence-corrected chi connectivity index (χ0v) is 17.5.